The maximum atomic E-state index is 5.90. The van der Waals surface area contributed by atoms with Crippen LogP contribution in [0.2, 0.25) is 0 Å². The quantitative estimate of drug-likeness (QED) is 0.897. The molecule has 1 aliphatic heterocycles. The number of anilines is 2. The Morgan fingerprint density at radius 2 is 2.15 bits per heavy atom. The average molecular weight is 278 g/mol. The molecule has 20 heavy (non-hydrogen) atoms. The van der Waals surface area contributed by atoms with E-state index in [1.807, 2.05) is 13.0 Å². The minimum atomic E-state index is 0.431. The molecule has 2 rings (SSSR count). The number of hydrogen-bond donors (Lipinski definition) is 1. The number of nitrogens with zero attached hydrogens (tertiary/aromatic N) is 3. The first-order valence-corrected chi connectivity index (χ1v) is 7.69. The van der Waals surface area contributed by atoms with Gasteiger partial charge in [-0.25, -0.2) is 9.97 Å². The molecule has 5 nitrogen and oxygen atoms in total. The molecule has 1 saturated heterocycles. The molecule has 0 amide bonds. The normalized spacial score (nSPS) is 19.9. The Bertz CT molecular complexity index is 424. The first-order valence-electron chi connectivity index (χ1n) is 7.69. The van der Waals surface area contributed by atoms with Gasteiger partial charge in [0.15, 0.2) is 5.82 Å². The fourth-order valence-corrected chi connectivity index (χ4v) is 2.73. The third kappa shape index (κ3) is 4.07. The van der Waals surface area contributed by atoms with E-state index in [1.54, 1.807) is 0 Å². The molecule has 0 aliphatic carbocycles. The van der Waals surface area contributed by atoms with Crippen molar-refractivity contribution in [3.05, 3.63) is 11.9 Å². The third-order valence-electron chi connectivity index (χ3n) is 3.96. The summed E-state index contributed by atoms with van der Waals surface area (Å²) in [6, 6.07) is 1.88. The molecule has 1 aromatic heterocycles. The van der Waals surface area contributed by atoms with Crippen molar-refractivity contribution in [1.29, 1.82) is 0 Å². The zero-order valence-electron chi connectivity index (χ0n) is 12.6. The van der Waals surface area contributed by atoms with Crippen molar-refractivity contribution >= 4 is 11.6 Å². The van der Waals surface area contributed by atoms with Gasteiger partial charge in [0.05, 0.1) is 0 Å². The van der Waals surface area contributed by atoms with E-state index in [0.29, 0.717) is 24.9 Å². The highest BCUT2D eigenvalue weighted by molar-refractivity contribution is 5.47. The standard InChI is InChI=1S/C15H26N4O/c1-3-12-6-5-8-19(9-7-12)15-10-13(16)17-14(18-15)11-20-4-2/h10,12H,3-9,11H2,1-2H3,(H2,16,17,18). The number of nitrogen functional groups attached to an aromatic ring is 1. The van der Waals surface area contributed by atoms with Gasteiger partial charge in [-0.15, -0.1) is 0 Å². The summed E-state index contributed by atoms with van der Waals surface area (Å²) in [5.41, 5.74) is 5.90. The first-order chi connectivity index (χ1) is 9.72. The lowest BCUT2D eigenvalue weighted by molar-refractivity contribution is 0.128. The maximum Gasteiger partial charge on any atom is 0.158 e. The molecule has 0 radical (unpaired) electrons. The summed E-state index contributed by atoms with van der Waals surface area (Å²) in [5, 5.41) is 0. The molecule has 0 bridgehead atoms. The van der Waals surface area contributed by atoms with Gasteiger partial charge >= 0.3 is 0 Å². The molecule has 112 valence electrons. The third-order valence-corrected chi connectivity index (χ3v) is 3.96. The van der Waals surface area contributed by atoms with Gasteiger partial charge in [0.1, 0.15) is 18.2 Å². The SMILES string of the molecule is CCOCc1nc(N)cc(N2CCCC(CC)CC2)n1. The summed E-state index contributed by atoms with van der Waals surface area (Å²) in [5.74, 6) is 3.00. The molecule has 0 aromatic carbocycles. The van der Waals surface area contributed by atoms with E-state index in [-0.39, 0.29) is 0 Å². The van der Waals surface area contributed by atoms with Crippen LogP contribution in [-0.4, -0.2) is 29.7 Å². The second-order valence-corrected chi connectivity index (χ2v) is 5.40. The monoisotopic (exact) mass is 278 g/mol. The molecule has 1 fully saturated rings. The number of hydrogen-bond acceptors (Lipinski definition) is 5. The Balaban J connectivity index is 2.08. The summed E-state index contributed by atoms with van der Waals surface area (Å²) in [6.07, 6.45) is 5.05. The molecule has 1 atom stereocenters. The Morgan fingerprint density at radius 3 is 2.90 bits per heavy atom. The van der Waals surface area contributed by atoms with Crippen LogP contribution in [-0.2, 0) is 11.3 Å². The van der Waals surface area contributed by atoms with Gasteiger partial charge in [0.2, 0.25) is 0 Å². The van der Waals surface area contributed by atoms with Crippen LogP contribution in [0.3, 0.4) is 0 Å². The minimum Gasteiger partial charge on any atom is -0.384 e. The molecular formula is C15H26N4O. The van der Waals surface area contributed by atoms with Gasteiger partial charge in [-0.1, -0.05) is 13.3 Å². The van der Waals surface area contributed by atoms with E-state index in [9.17, 15) is 0 Å². The molecule has 2 heterocycles. The van der Waals surface area contributed by atoms with E-state index >= 15 is 0 Å². The number of ether oxygens (including phenoxy) is 1. The van der Waals surface area contributed by atoms with E-state index in [1.165, 1.54) is 25.7 Å². The molecule has 5 heteroatoms. The highest BCUT2D eigenvalue weighted by atomic mass is 16.5. The molecule has 1 unspecified atom stereocenters. The van der Waals surface area contributed by atoms with Crippen molar-refractivity contribution in [2.45, 2.75) is 46.1 Å². The van der Waals surface area contributed by atoms with Crippen molar-refractivity contribution < 1.29 is 4.74 Å². The van der Waals surface area contributed by atoms with E-state index < -0.39 is 0 Å². The average Bonchev–Trinajstić information content (AvgIpc) is 2.70. The van der Waals surface area contributed by atoms with Gasteiger partial charge < -0.3 is 15.4 Å². The Morgan fingerprint density at radius 1 is 1.30 bits per heavy atom. The Kier molecular flexibility index (Phi) is 5.59. The lowest BCUT2D eigenvalue weighted by Gasteiger charge is -2.22. The minimum absolute atomic E-state index is 0.431. The topological polar surface area (TPSA) is 64.3 Å². The summed E-state index contributed by atoms with van der Waals surface area (Å²) in [6.45, 7) is 7.45. The number of aromatic nitrogens is 2. The highest BCUT2D eigenvalue weighted by Crippen LogP contribution is 2.24. The van der Waals surface area contributed by atoms with Gasteiger partial charge in [-0.05, 0) is 32.1 Å². The lowest BCUT2D eigenvalue weighted by Crippen LogP contribution is -2.26. The summed E-state index contributed by atoms with van der Waals surface area (Å²) < 4.78 is 5.38. The molecule has 1 aromatic rings. The predicted octanol–water partition coefficient (Wildman–Crippen LogP) is 2.61. The number of nitrogens with two attached hydrogens (primary N) is 1. The second kappa shape index (κ2) is 7.43. The van der Waals surface area contributed by atoms with Crippen LogP contribution in [0.4, 0.5) is 11.6 Å². The van der Waals surface area contributed by atoms with E-state index in [2.05, 4.69) is 21.8 Å². The fourth-order valence-electron chi connectivity index (χ4n) is 2.73. The maximum absolute atomic E-state index is 5.90. The van der Waals surface area contributed by atoms with Crippen molar-refractivity contribution in [1.82, 2.24) is 9.97 Å². The van der Waals surface area contributed by atoms with E-state index in [4.69, 9.17) is 10.5 Å². The van der Waals surface area contributed by atoms with Crippen molar-refractivity contribution in [3.63, 3.8) is 0 Å². The Labute approximate surface area is 121 Å². The molecule has 2 N–H and O–H groups in total. The molecular weight excluding hydrogens is 252 g/mol. The summed E-state index contributed by atoms with van der Waals surface area (Å²) in [4.78, 5) is 11.2. The first kappa shape index (κ1) is 15.0. The second-order valence-electron chi connectivity index (χ2n) is 5.40. The summed E-state index contributed by atoms with van der Waals surface area (Å²) >= 11 is 0. The molecule has 0 saturated carbocycles. The predicted molar refractivity (Wildman–Crippen MR) is 81.6 cm³/mol. The van der Waals surface area contributed by atoms with Crippen molar-refractivity contribution in [2.75, 3.05) is 30.3 Å². The smallest absolute Gasteiger partial charge is 0.158 e. The van der Waals surface area contributed by atoms with E-state index in [0.717, 1.165) is 24.8 Å². The van der Waals surface area contributed by atoms with Crippen molar-refractivity contribution in [2.24, 2.45) is 5.92 Å². The highest BCUT2D eigenvalue weighted by Gasteiger charge is 2.17. The number of rotatable bonds is 5. The van der Waals surface area contributed by atoms with Crippen molar-refractivity contribution in [3.8, 4) is 0 Å². The zero-order chi connectivity index (χ0) is 14.4. The molecule has 0 spiro atoms. The van der Waals surface area contributed by atoms with Gasteiger partial charge in [-0.2, -0.15) is 0 Å². The van der Waals surface area contributed by atoms with Gasteiger partial charge in [0.25, 0.3) is 0 Å². The van der Waals surface area contributed by atoms with Crippen LogP contribution in [0.25, 0.3) is 0 Å². The van der Waals surface area contributed by atoms with Gasteiger partial charge in [-0.3, -0.25) is 0 Å². The van der Waals surface area contributed by atoms with Crippen LogP contribution >= 0.6 is 0 Å². The van der Waals surface area contributed by atoms with Crippen LogP contribution < -0.4 is 10.6 Å². The van der Waals surface area contributed by atoms with Crippen LogP contribution in [0.15, 0.2) is 6.07 Å². The van der Waals surface area contributed by atoms with Crippen LogP contribution in [0.1, 0.15) is 45.4 Å². The van der Waals surface area contributed by atoms with Crippen LogP contribution in [0.5, 0.6) is 0 Å². The largest absolute Gasteiger partial charge is 0.384 e. The molecule has 1 aliphatic rings. The van der Waals surface area contributed by atoms with Gasteiger partial charge in [0, 0.05) is 25.8 Å². The summed E-state index contributed by atoms with van der Waals surface area (Å²) in [7, 11) is 0. The zero-order valence-corrected chi connectivity index (χ0v) is 12.6. The van der Waals surface area contributed by atoms with Crippen LogP contribution in [0, 0.1) is 5.92 Å². The Hall–Kier alpha value is -1.36. The lowest BCUT2D eigenvalue weighted by atomic mass is 9.98. The fraction of sp³-hybridized carbons (Fsp3) is 0.733.